The van der Waals surface area contributed by atoms with Gasteiger partial charge >= 0.3 is 0 Å². The van der Waals surface area contributed by atoms with Crippen LogP contribution in [-0.2, 0) is 11.3 Å². The van der Waals surface area contributed by atoms with Crippen LogP contribution in [0.25, 0.3) is 0 Å². The summed E-state index contributed by atoms with van der Waals surface area (Å²) in [5, 5.41) is 20.2. The Kier molecular flexibility index (Phi) is 5.94. The second-order valence-corrected chi connectivity index (χ2v) is 6.20. The van der Waals surface area contributed by atoms with Gasteiger partial charge in [0.05, 0.1) is 18.8 Å². The van der Waals surface area contributed by atoms with Crippen LogP contribution in [0.1, 0.15) is 24.6 Å². The minimum absolute atomic E-state index is 0.0971. The van der Waals surface area contributed by atoms with Gasteiger partial charge in [-0.15, -0.1) is 10.2 Å². The lowest BCUT2D eigenvalue weighted by Crippen LogP contribution is -2.49. The first-order chi connectivity index (χ1) is 12.3. The number of anilines is 1. The zero-order valence-corrected chi connectivity index (χ0v) is 14.4. The smallest absolute Gasteiger partial charge is 0.163 e. The highest BCUT2D eigenvalue weighted by atomic mass is 16.5. The van der Waals surface area contributed by atoms with Gasteiger partial charge in [-0.2, -0.15) is 5.26 Å². The topological polar surface area (TPSA) is 74.1 Å². The second kappa shape index (κ2) is 8.56. The Morgan fingerprint density at radius 1 is 1.28 bits per heavy atom. The third kappa shape index (κ3) is 4.75. The van der Waals surface area contributed by atoms with E-state index in [1.807, 2.05) is 12.1 Å². The predicted molar refractivity (Wildman–Crippen MR) is 95.9 cm³/mol. The minimum atomic E-state index is 0.0971. The van der Waals surface area contributed by atoms with Gasteiger partial charge in [0.1, 0.15) is 11.9 Å². The van der Waals surface area contributed by atoms with Gasteiger partial charge in [0.2, 0.25) is 0 Å². The van der Waals surface area contributed by atoms with E-state index in [1.165, 1.54) is 5.56 Å². The molecule has 0 spiro atoms. The maximum atomic E-state index is 8.81. The Labute approximate surface area is 148 Å². The third-order valence-corrected chi connectivity index (χ3v) is 4.43. The molecule has 1 N–H and O–H groups in total. The lowest BCUT2D eigenvalue weighted by atomic mass is 10.1. The molecule has 0 amide bonds. The van der Waals surface area contributed by atoms with Crippen LogP contribution in [-0.4, -0.2) is 46.9 Å². The van der Waals surface area contributed by atoms with Gasteiger partial charge in [0, 0.05) is 19.6 Å². The molecule has 1 aliphatic rings. The number of nitrogens with one attached hydrogen (secondary N) is 1. The Morgan fingerprint density at radius 2 is 2.12 bits per heavy atom. The monoisotopic (exact) mass is 337 g/mol. The van der Waals surface area contributed by atoms with Crippen molar-refractivity contribution in [2.24, 2.45) is 0 Å². The molecular formula is C19H23N5O. The van der Waals surface area contributed by atoms with Gasteiger partial charge in [-0.3, -0.25) is 4.90 Å². The largest absolute Gasteiger partial charge is 0.373 e. The van der Waals surface area contributed by atoms with Crippen LogP contribution in [0.2, 0.25) is 0 Å². The highest BCUT2D eigenvalue weighted by Crippen LogP contribution is 2.17. The van der Waals surface area contributed by atoms with E-state index in [2.05, 4.69) is 51.6 Å². The van der Waals surface area contributed by atoms with Gasteiger partial charge in [-0.1, -0.05) is 37.3 Å². The van der Waals surface area contributed by atoms with Gasteiger partial charge in [0.15, 0.2) is 5.69 Å². The summed E-state index contributed by atoms with van der Waals surface area (Å²) in [7, 11) is 0. The molecule has 2 unspecified atom stereocenters. The summed E-state index contributed by atoms with van der Waals surface area (Å²) in [4.78, 5) is 2.43. The number of hydrogen-bond acceptors (Lipinski definition) is 6. The maximum absolute atomic E-state index is 8.81. The Bertz CT molecular complexity index is 698. The molecule has 1 aromatic carbocycles. The summed E-state index contributed by atoms with van der Waals surface area (Å²) >= 11 is 0. The van der Waals surface area contributed by atoms with Crippen molar-refractivity contribution in [1.82, 2.24) is 15.1 Å². The molecule has 2 aromatic rings. The number of aromatic nitrogens is 2. The van der Waals surface area contributed by atoms with E-state index in [0.29, 0.717) is 11.5 Å². The summed E-state index contributed by atoms with van der Waals surface area (Å²) in [6.45, 7) is 5.62. The molecule has 0 saturated carbocycles. The van der Waals surface area contributed by atoms with Crippen LogP contribution >= 0.6 is 0 Å². The van der Waals surface area contributed by atoms with Gasteiger partial charge in [0.25, 0.3) is 0 Å². The quantitative estimate of drug-likeness (QED) is 0.873. The molecule has 6 nitrogen and oxygen atoms in total. The molecule has 2 atom stereocenters. The van der Waals surface area contributed by atoms with Crippen molar-refractivity contribution in [3.05, 3.63) is 53.7 Å². The fourth-order valence-corrected chi connectivity index (χ4v) is 3.08. The average molecular weight is 337 g/mol. The molecule has 2 heterocycles. The molecule has 25 heavy (non-hydrogen) atoms. The fourth-order valence-electron chi connectivity index (χ4n) is 3.08. The first kappa shape index (κ1) is 17.3. The summed E-state index contributed by atoms with van der Waals surface area (Å²) in [5.74, 6) is 0.676. The van der Waals surface area contributed by atoms with Crippen molar-refractivity contribution < 1.29 is 4.74 Å². The van der Waals surface area contributed by atoms with Crippen LogP contribution in [0.3, 0.4) is 0 Å². The van der Waals surface area contributed by atoms with Gasteiger partial charge in [-0.25, -0.2) is 0 Å². The number of ether oxygens (including phenoxy) is 1. The standard InChI is InChI=1S/C19H23N5O/c1-2-17(21-19-9-8-16(12-20)22-23-19)18-14-24(10-11-25-18)13-15-6-4-3-5-7-15/h3-9,17-18H,2,10-11,13-14H2,1H3,(H,21,23). The normalized spacial score (nSPS) is 19.1. The second-order valence-electron chi connectivity index (χ2n) is 6.20. The minimum Gasteiger partial charge on any atom is -0.373 e. The molecule has 0 radical (unpaired) electrons. The van der Waals surface area contributed by atoms with Crippen molar-refractivity contribution in [3.8, 4) is 6.07 Å². The summed E-state index contributed by atoms with van der Waals surface area (Å²) < 4.78 is 6.01. The molecule has 130 valence electrons. The van der Waals surface area contributed by atoms with E-state index in [-0.39, 0.29) is 12.1 Å². The number of morpholine rings is 1. The highest BCUT2D eigenvalue weighted by molar-refractivity contribution is 5.36. The van der Waals surface area contributed by atoms with E-state index in [0.717, 1.165) is 32.7 Å². The van der Waals surface area contributed by atoms with Crippen LogP contribution in [0.4, 0.5) is 5.82 Å². The van der Waals surface area contributed by atoms with E-state index >= 15 is 0 Å². The van der Waals surface area contributed by atoms with Crippen LogP contribution in [0, 0.1) is 11.3 Å². The Balaban J connectivity index is 1.60. The average Bonchev–Trinajstić information content (AvgIpc) is 2.67. The Morgan fingerprint density at radius 3 is 2.80 bits per heavy atom. The van der Waals surface area contributed by atoms with Crippen LogP contribution in [0.15, 0.2) is 42.5 Å². The SMILES string of the molecule is CCC(Nc1ccc(C#N)nn1)C1CN(Cc2ccccc2)CCO1. The van der Waals surface area contributed by atoms with Crippen molar-refractivity contribution in [2.75, 3.05) is 25.0 Å². The molecule has 1 fully saturated rings. The number of benzene rings is 1. The lowest BCUT2D eigenvalue weighted by Gasteiger charge is -2.37. The van der Waals surface area contributed by atoms with E-state index in [1.54, 1.807) is 12.1 Å². The maximum Gasteiger partial charge on any atom is 0.163 e. The molecule has 0 aliphatic carbocycles. The number of hydrogen-bond donors (Lipinski definition) is 1. The molecule has 6 heteroatoms. The van der Waals surface area contributed by atoms with E-state index < -0.39 is 0 Å². The predicted octanol–water partition coefficient (Wildman–Crippen LogP) is 2.44. The summed E-state index contributed by atoms with van der Waals surface area (Å²) in [5.41, 5.74) is 1.64. The Hall–Kier alpha value is -2.49. The van der Waals surface area contributed by atoms with Crippen molar-refractivity contribution >= 4 is 5.82 Å². The molecule has 3 rings (SSSR count). The fraction of sp³-hybridized carbons (Fsp3) is 0.421. The van der Waals surface area contributed by atoms with E-state index in [4.69, 9.17) is 10.00 Å². The van der Waals surface area contributed by atoms with Crippen molar-refractivity contribution in [1.29, 1.82) is 5.26 Å². The molecule has 1 aromatic heterocycles. The number of nitriles is 1. The van der Waals surface area contributed by atoms with Crippen LogP contribution < -0.4 is 5.32 Å². The van der Waals surface area contributed by atoms with Gasteiger partial charge < -0.3 is 10.1 Å². The summed E-state index contributed by atoms with van der Waals surface area (Å²) in [6, 6.07) is 16.1. The van der Waals surface area contributed by atoms with Crippen LogP contribution in [0.5, 0.6) is 0 Å². The number of rotatable bonds is 6. The van der Waals surface area contributed by atoms with E-state index in [9.17, 15) is 0 Å². The molecule has 0 bridgehead atoms. The zero-order chi connectivity index (χ0) is 17.5. The van der Waals surface area contributed by atoms with Gasteiger partial charge in [-0.05, 0) is 24.1 Å². The molecule has 1 aliphatic heterocycles. The molecular weight excluding hydrogens is 314 g/mol. The third-order valence-electron chi connectivity index (χ3n) is 4.43. The first-order valence-electron chi connectivity index (χ1n) is 8.66. The molecule has 1 saturated heterocycles. The zero-order valence-electron chi connectivity index (χ0n) is 14.4. The first-order valence-corrected chi connectivity index (χ1v) is 8.66. The summed E-state index contributed by atoms with van der Waals surface area (Å²) in [6.07, 6.45) is 1.02. The van der Waals surface area contributed by atoms with Crippen molar-refractivity contribution in [3.63, 3.8) is 0 Å². The lowest BCUT2D eigenvalue weighted by molar-refractivity contribution is -0.0403. The number of nitrogens with zero attached hydrogens (tertiary/aromatic N) is 4. The van der Waals surface area contributed by atoms with Crippen molar-refractivity contribution in [2.45, 2.75) is 32.0 Å². The highest BCUT2D eigenvalue weighted by Gasteiger charge is 2.27.